The minimum Gasteiger partial charge on any atom is -0.325 e. The molecule has 0 bridgehead atoms. The third-order valence-electron chi connectivity index (χ3n) is 3.29. The number of rotatable bonds is 1. The van der Waals surface area contributed by atoms with E-state index in [0.717, 1.165) is 26.9 Å². The number of nitrogens with one attached hydrogen (secondary N) is 1. The number of benzene rings is 1. The minimum atomic E-state index is -0.336. The maximum atomic E-state index is 11.8. The highest BCUT2D eigenvalue weighted by Gasteiger charge is 2.13. The van der Waals surface area contributed by atoms with E-state index in [9.17, 15) is 10.1 Å². The Balaban J connectivity index is 2.84. The average molecular weight is 317 g/mol. The predicted molar refractivity (Wildman–Crippen MR) is 79.1 cm³/mol. The van der Waals surface area contributed by atoms with Crippen molar-refractivity contribution in [2.75, 3.05) is 0 Å². The lowest BCUT2D eigenvalue weighted by Crippen LogP contribution is -2.13. The molecule has 0 unspecified atom stereocenters. The Labute approximate surface area is 120 Å². The van der Waals surface area contributed by atoms with Crippen LogP contribution >= 0.6 is 15.9 Å². The average Bonchev–Trinajstić information content (AvgIpc) is 2.35. The third-order valence-corrected chi connectivity index (χ3v) is 4.15. The molecule has 2 aromatic rings. The molecule has 1 heterocycles. The highest BCUT2D eigenvalue weighted by molar-refractivity contribution is 9.10. The van der Waals surface area contributed by atoms with Crippen LogP contribution in [0.15, 0.2) is 27.5 Å². The predicted octanol–water partition coefficient (Wildman–Crippen LogP) is 3.60. The number of hydrogen-bond donors (Lipinski definition) is 1. The molecule has 0 aliphatic carbocycles. The van der Waals surface area contributed by atoms with E-state index in [1.165, 1.54) is 0 Å². The van der Waals surface area contributed by atoms with E-state index in [0.29, 0.717) is 5.56 Å². The molecule has 96 valence electrons. The number of aromatic nitrogens is 1. The molecule has 0 saturated heterocycles. The zero-order valence-electron chi connectivity index (χ0n) is 11.0. The number of aryl methyl sites for hydroxylation is 1. The maximum Gasteiger partial charge on any atom is 0.266 e. The van der Waals surface area contributed by atoms with Gasteiger partial charge in [0.25, 0.3) is 5.56 Å². The summed E-state index contributed by atoms with van der Waals surface area (Å²) < 4.78 is 1.02. The van der Waals surface area contributed by atoms with Gasteiger partial charge in [0.05, 0.1) is 0 Å². The lowest BCUT2D eigenvalue weighted by Gasteiger charge is -2.12. The molecule has 0 aliphatic rings. The molecular weight excluding hydrogens is 304 g/mol. The lowest BCUT2D eigenvalue weighted by molar-refractivity contribution is 1.13. The van der Waals surface area contributed by atoms with Gasteiger partial charge in [0.15, 0.2) is 0 Å². The minimum absolute atomic E-state index is 0.162. The summed E-state index contributed by atoms with van der Waals surface area (Å²) in [6, 6.07) is 7.71. The topological polar surface area (TPSA) is 56.6 Å². The second-order valence-electron chi connectivity index (χ2n) is 4.53. The molecule has 2 rings (SSSR count). The van der Waals surface area contributed by atoms with Gasteiger partial charge < -0.3 is 4.98 Å². The van der Waals surface area contributed by atoms with E-state index in [1.807, 2.05) is 45.0 Å². The van der Waals surface area contributed by atoms with Gasteiger partial charge in [0.1, 0.15) is 11.6 Å². The standard InChI is InChI=1S/C15H13BrN2O/c1-8-6-12(13(7-17)15(19)18-8)11-4-5-14(16)10(3)9(11)2/h4-6H,1-3H3,(H,18,19). The van der Waals surface area contributed by atoms with E-state index in [-0.39, 0.29) is 11.1 Å². The summed E-state index contributed by atoms with van der Waals surface area (Å²) in [6.45, 7) is 5.81. The molecule has 0 aliphatic heterocycles. The molecule has 19 heavy (non-hydrogen) atoms. The number of nitrogens with zero attached hydrogens (tertiary/aromatic N) is 1. The van der Waals surface area contributed by atoms with Gasteiger partial charge in [-0.25, -0.2) is 0 Å². The molecule has 0 spiro atoms. The van der Waals surface area contributed by atoms with Crippen LogP contribution in [-0.2, 0) is 0 Å². The van der Waals surface area contributed by atoms with Crippen molar-refractivity contribution in [1.29, 1.82) is 5.26 Å². The van der Waals surface area contributed by atoms with Crippen molar-refractivity contribution < 1.29 is 0 Å². The number of hydrogen-bond acceptors (Lipinski definition) is 2. The number of pyridine rings is 1. The van der Waals surface area contributed by atoms with Crippen LogP contribution in [0.2, 0.25) is 0 Å². The van der Waals surface area contributed by atoms with Crippen LogP contribution in [0, 0.1) is 32.1 Å². The Hall–Kier alpha value is -1.86. The Morgan fingerprint density at radius 2 is 1.84 bits per heavy atom. The quantitative estimate of drug-likeness (QED) is 0.873. The van der Waals surface area contributed by atoms with Crippen LogP contribution in [0.5, 0.6) is 0 Å². The van der Waals surface area contributed by atoms with Gasteiger partial charge in [0, 0.05) is 15.7 Å². The second-order valence-corrected chi connectivity index (χ2v) is 5.38. The summed E-state index contributed by atoms with van der Waals surface area (Å²) in [7, 11) is 0. The number of nitriles is 1. The largest absolute Gasteiger partial charge is 0.325 e. The van der Waals surface area contributed by atoms with Gasteiger partial charge in [-0.1, -0.05) is 22.0 Å². The molecular formula is C15H13BrN2O. The molecule has 0 radical (unpaired) electrons. The molecule has 0 atom stereocenters. The first kappa shape index (κ1) is 13.6. The van der Waals surface area contributed by atoms with Gasteiger partial charge in [-0.15, -0.1) is 0 Å². The van der Waals surface area contributed by atoms with Crippen molar-refractivity contribution in [2.45, 2.75) is 20.8 Å². The zero-order chi connectivity index (χ0) is 14.2. The maximum absolute atomic E-state index is 11.8. The summed E-state index contributed by atoms with van der Waals surface area (Å²) in [6.07, 6.45) is 0. The van der Waals surface area contributed by atoms with Crippen LogP contribution in [0.3, 0.4) is 0 Å². The van der Waals surface area contributed by atoms with Crippen molar-refractivity contribution >= 4 is 15.9 Å². The summed E-state index contributed by atoms with van der Waals surface area (Å²) in [5.41, 5.74) is 4.37. The molecule has 1 aromatic carbocycles. The van der Waals surface area contributed by atoms with Crippen LogP contribution in [0.1, 0.15) is 22.4 Å². The summed E-state index contributed by atoms with van der Waals surface area (Å²) in [4.78, 5) is 14.5. The monoisotopic (exact) mass is 316 g/mol. The van der Waals surface area contributed by atoms with Gasteiger partial charge in [-0.05, 0) is 49.6 Å². The fraction of sp³-hybridized carbons (Fsp3) is 0.200. The SMILES string of the molecule is Cc1cc(-c2ccc(Br)c(C)c2C)c(C#N)c(=O)[nH]1. The Morgan fingerprint density at radius 1 is 1.16 bits per heavy atom. The second kappa shape index (κ2) is 5.02. The van der Waals surface area contributed by atoms with E-state index < -0.39 is 0 Å². The van der Waals surface area contributed by atoms with Crippen molar-refractivity contribution in [3.05, 3.63) is 55.4 Å². The van der Waals surface area contributed by atoms with E-state index in [4.69, 9.17) is 0 Å². The van der Waals surface area contributed by atoms with Crippen LogP contribution in [-0.4, -0.2) is 4.98 Å². The van der Waals surface area contributed by atoms with Crippen molar-refractivity contribution in [3.63, 3.8) is 0 Å². The molecule has 0 fully saturated rings. The fourth-order valence-corrected chi connectivity index (χ4v) is 2.52. The van der Waals surface area contributed by atoms with E-state index in [2.05, 4.69) is 20.9 Å². The van der Waals surface area contributed by atoms with Crippen molar-refractivity contribution in [2.24, 2.45) is 0 Å². The molecule has 3 nitrogen and oxygen atoms in total. The fourth-order valence-electron chi connectivity index (χ4n) is 2.09. The number of H-pyrrole nitrogens is 1. The van der Waals surface area contributed by atoms with Gasteiger partial charge in [-0.3, -0.25) is 4.79 Å². The first-order valence-corrected chi connectivity index (χ1v) is 6.65. The first-order chi connectivity index (χ1) is 8.95. The molecule has 4 heteroatoms. The highest BCUT2D eigenvalue weighted by atomic mass is 79.9. The van der Waals surface area contributed by atoms with Crippen molar-refractivity contribution in [1.82, 2.24) is 4.98 Å². The smallest absolute Gasteiger partial charge is 0.266 e. The van der Waals surface area contributed by atoms with Crippen molar-refractivity contribution in [3.8, 4) is 17.2 Å². The Bertz CT molecular complexity index is 754. The number of aromatic amines is 1. The number of halogens is 1. The third kappa shape index (κ3) is 2.34. The van der Waals surface area contributed by atoms with Gasteiger partial charge in [-0.2, -0.15) is 5.26 Å². The summed E-state index contributed by atoms with van der Waals surface area (Å²) >= 11 is 3.48. The van der Waals surface area contributed by atoms with E-state index >= 15 is 0 Å². The van der Waals surface area contributed by atoms with Crippen LogP contribution < -0.4 is 5.56 Å². The molecule has 0 amide bonds. The molecule has 0 saturated carbocycles. The Morgan fingerprint density at radius 3 is 2.47 bits per heavy atom. The Kier molecular flexibility index (Phi) is 3.59. The van der Waals surface area contributed by atoms with Crippen LogP contribution in [0.25, 0.3) is 11.1 Å². The molecule has 1 aromatic heterocycles. The van der Waals surface area contributed by atoms with Gasteiger partial charge in [0.2, 0.25) is 0 Å². The highest BCUT2D eigenvalue weighted by Crippen LogP contribution is 2.31. The first-order valence-electron chi connectivity index (χ1n) is 5.85. The lowest BCUT2D eigenvalue weighted by atomic mass is 9.94. The molecule has 1 N–H and O–H groups in total. The zero-order valence-corrected chi connectivity index (χ0v) is 12.6. The van der Waals surface area contributed by atoms with E-state index in [1.54, 1.807) is 0 Å². The summed E-state index contributed by atoms with van der Waals surface area (Å²) in [5.74, 6) is 0. The summed E-state index contributed by atoms with van der Waals surface area (Å²) in [5, 5.41) is 9.19. The van der Waals surface area contributed by atoms with Gasteiger partial charge >= 0.3 is 0 Å². The van der Waals surface area contributed by atoms with Crippen LogP contribution in [0.4, 0.5) is 0 Å². The normalized spacial score (nSPS) is 10.3.